The van der Waals surface area contributed by atoms with Crippen molar-refractivity contribution in [2.45, 2.75) is 19.9 Å². The number of pyridine rings is 1. The van der Waals surface area contributed by atoms with Crippen molar-refractivity contribution in [3.63, 3.8) is 0 Å². The van der Waals surface area contributed by atoms with Crippen LogP contribution >= 0.6 is 35.6 Å². The summed E-state index contributed by atoms with van der Waals surface area (Å²) in [5, 5.41) is 4.01. The maximum atomic E-state index is 12.7. The number of carbonyl (C=O) groups excluding carboxylic acids is 1. The molecular weight excluding hydrogens is 529 g/mol. The molecule has 168 valence electrons. The zero-order valence-corrected chi connectivity index (χ0v) is 21.0. The van der Waals surface area contributed by atoms with Crippen LogP contribution in [0.25, 0.3) is 0 Å². The van der Waals surface area contributed by atoms with Crippen LogP contribution in [0.1, 0.15) is 18.1 Å². The van der Waals surface area contributed by atoms with Gasteiger partial charge >= 0.3 is 0 Å². The minimum Gasteiger partial charge on any atom is -0.481 e. The standard InChI is InChI=1S/C22H28ClN5O2.HI/c1-3-24-22(26-16-18-7-8-25-20(14-18)30-2)28-11-9-27(10-12-28)21(29)15-17-5-4-6-19(23)13-17;/h4-8,13-14H,3,9-12,15-16H2,1-2H3,(H,24,26);1H. The molecule has 1 saturated heterocycles. The van der Waals surface area contributed by atoms with Gasteiger partial charge in [0.05, 0.1) is 20.1 Å². The van der Waals surface area contributed by atoms with Crippen molar-refractivity contribution in [2.24, 2.45) is 4.99 Å². The lowest BCUT2D eigenvalue weighted by molar-refractivity contribution is -0.131. The van der Waals surface area contributed by atoms with Crippen molar-refractivity contribution in [3.8, 4) is 5.88 Å². The molecule has 9 heteroatoms. The average molecular weight is 558 g/mol. The number of rotatable bonds is 6. The molecule has 1 aliphatic heterocycles. The molecule has 1 aromatic heterocycles. The van der Waals surface area contributed by atoms with Crippen molar-refractivity contribution < 1.29 is 9.53 Å². The Morgan fingerprint density at radius 3 is 2.58 bits per heavy atom. The Hall–Kier alpha value is -2.07. The van der Waals surface area contributed by atoms with Gasteiger partial charge in [0.25, 0.3) is 0 Å². The van der Waals surface area contributed by atoms with E-state index in [0.717, 1.165) is 36.7 Å². The van der Waals surface area contributed by atoms with Crippen LogP contribution < -0.4 is 10.1 Å². The third kappa shape index (κ3) is 7.53. The third-order valence-electron chi connectivity index (χ3n) is 4.93. The van der Waals surface area contributed by atoms with Crippen molar-refractivity contribution in [1.82, 2.24) is 20.1 Å². The first-order chi connectivity index (χ1) is 14.6. The Morgan fingerprint density at radius 2 is 1.90 bits per heavy atom. The maximum absolute atomic E-state index is 12.7. The number of carbonyl (C=O) groups is 1. The fraction of sp³-hybridized carbons (Fsp3) is 0.409. The summed E-state index contributed by atoms with van der Waals surface area (Å²) in [4.78, 5) is 25.7. The molecule has 0 bridgehead atoms. The molecule has 1 aromatic carbocycles. The Balaban J connectivity index is 0.00000341. The van der Waals surface area contributed by atoms with E-state index in [1.54, 1.807) is 13.3 Å². The first kappa shape index (κ1) is 25.2. The molecule has 31 heavy (non-hydrogen) atoms. The summed E-state index contributed by atoms with van der Waals surface area (Å²) in [6, 6.07) is 11.3. The molecule has 0 atom stereocenters. The van der Waals surface area contributed by atoms with E-state index in [9.17, 15) is 4.79 Å². The van der Waals surface area contributed by atoms with E-state index in [1.807, 2.05) is 41.3 Å². The van der Waals surface area contributed by atoms with E-state index in [2.05, 4.69) is 22.1 Å². The summed E-state index contributed by atoms with van der Waals surface area (Å²) in [5.74, 6) is 1.57. The van der Waals surface area contributed by atoms with Gasteiger partial charge in [-0.25, -0.2) is 9.98 Å². The number of methoxy groups -OCH3 is 1. The molecule has 0 radical (unpaired) electrons. The van der Waals surface area contributed by atoms with Gasteiger partial charge in [0.15, 0.2) is 5.96 Å². The molecule has 0 aliphatic carbocycles. The Bertz CT molecular complexity index is 888. The van der Waals surface area contributed by atoms with Crippen LogP contribution in [0.3, 0.4) is 0 Å². The highest BCUT2D eigenvalue weighted by Gasteiger charge is 2.23. The predicted octanol–water partition coefficient (Wildman–Crippen LogP) is 3.21. The van der Waals surface area contributed by atoms with E-state index in [0.29, 0.717) is 37.0 Å². The number of amides is 1. The topological polar surface area (TPSA) is 70.1 Å². The first-order valence-electron chi connectivity index (χ1n) is 10.1. The van der Waals surface area contributed by atoms with Crippen molar-refractivity contribution in [1.29, 1.82) is 0 Å². The number of hydrogen-bond donors (Lipinski definition) is 1. The number of guanidine groups is 1. The van der Waals surface area contributed by atoms with Gasteiger partial charge in [-0.2, -0.15) is 0 Å². The number of aromatic nitrogens is 1. The number of nitrogens with zero attached hydrogens (tertiary/aromatic N) is 4. The first-order valence-corrected chi connectivity index (χ1v) is 10.5. The molecular formula is C22H29ClIN5O2. The second-order valence-corrected chi connectivity index (χ2v) is 7.49. The molecule has 0 saturated carbocycles. The van der Waals surface area contributed by atoms with Gasteiger partial charge in [0, 0.05) is 50.0 Å². The number of aliphatic imine (C=N–C) groups is 1. The van der Waals surface area contributed by atoms with Gasteiger partial charge in [-0.3, -0.25) is 4.79 Å². The fourth-order valence-electron chi connectivity index (χ4n) is 3.35. The summed E-state index contributed by atoms with van der Waals surface area (Å²) in [7, 11) is 1.60. The quantitative estimate of drug-likeness (QED) is 0.336. The number of ether oxygens (including phenoxy) is 1. The second-order valence-electron chi connectivity index (χ2n) is 7.05. The van der Waals surface area contributed by atoms with Gasteiger partial charge in [0.2, 0.25) is 11.8 Å². The van der Waals surface area contributed by atoms with E-state index in [1.165, 1.54) is 0 Å². The van der Waals surface area contributed by atoms with Crippen LogP contribution in [-0.2, 0) is 17.8 Å². The highest BCUT2D eigenvalue weighted by atomic mass is 127. The molecule has 0 unspecified atom stereocenters. The molecule has 1 N–H and O–H groups in total. The van der Waals surface area contributed by atoms with Crippen LogP contribution in [0.15, 0.2) is 47.6 Å². The molecule has 1 aliphatic rings. The minimum absolute atomic E-state index is 0. The normalized spacial score (nSPS) is 14.1. The molecule has 0 spiro atoms. The maximum Gasteiger partial charge on any atom is 0.227 e. The van der Waals surface area contributed by atoms with Gasteiger partial charge in [0.1, 0.15) is 0 Å². The minimum atomic E-state index is 0. The Labute approximate surface area is 205 Å². The summed E-state index contributed by atoms with van der Waals surface area (Å²) < 4.78 is 5.18. The van der Waals surface area contributed by atoms with Crippen LogP contribution in [-0.4, -0.2) is 66.5 Å². The number of piperazine rings is 1. The van der Waals surface area contributed by atoms with E-state index >= 15 is 0 Å². The van der Waals surface area contributed by atoms with Crippen LogP contribution in [0.2, 0.25) is 5.02 Å². The summed E-state index contributed by atoms with van der Waals surface area (Å²) in [6.07, 6.45) is 2.10. The summed E-state index contributed by atoms with van der Waals surface area (Å²) in [6.45, 7) is 6.21. The largest absolute Gasteiger partial charge is 0.481 e. The van der Waals surface area contributed by atoms with Gasteiger partial charge in [-0.1, -0.05) is 23.7 Å². The lowest BCUT2D eigenvalue weighted by Gasteiger charge is -2.36. The molecule has 3 rings (SSSR count). The zero-order chi connectivity index (χ0) is 21.3. The van der Waals surface area contributed by atoms with Crippen LogP contribution in [0.4, 0.5) is 0 Å². The fourth-order valence-corrected chi connectivity index (χ4v) is 3.57. The highest BCUT2D eigenvalue weighted by molar-refractivity contribution is 14.0. The zero-order valence-electron chi connectivity index (χ0n) is 17.9. The summed E-state index contributed by atoms with van der Waals surface area (Å²) >= 11 is 6.03. The van der Waals surface area contributed by atoms with E-state index in [4.69, 9.17) is 21.3 Å². The van der Waals surface area contributed by atoms with Crippen molar-refractivity contribution in [2.75, 3.05) is 39.8 Å². The van der Waals surface area contributed by atoms with Crippen molar-refractivity contribution >= 4 is 47.4 Å². The summed E-state index contributed by atoms with van der Waals surface area (Å²) in [5.41, 5.74) is 1.98. The number of halogens is 2. The van der Waals surface area contributed by atoms with Gasteiger partial charge in [-0.15, -0.1) is 24.0 Å². The molecule has 2 heterocycles. The third-order valence-corrected chi connectivity index (χ3v) is 5.17. The Morgan fingerprint density at radius 1 is 1.16 bits per heavy atom. The Kier molecular flexibility index (Phi) is 10.3. The number of nitrogens with one attached hydrogen (secondary N) is 1. The number of benzene rings is 1. The van der Waals surface area contributed by atoms with E-state index in [-0.39, 0.29) is 29.9 Å². The molecule has 1 fully saturated rings. The van der Waals surface area contributed by atoms with Crippen LogP contribution in [0, 0.1) is 0 Å². The molecule has 1 amide bonds. The van der Waals surface area contributed by atoms with Crippen molar-refractivity contribution in [3.05, 3.63) is 58.7 Å². The molecule has 2 aromatic rings. The SMILES string of the molecule is CCNC(=NCc1ccnc(OC)c1)N1CCN(C(=O)Cc2cccc(Cl)c2)CC1.I. The monoisotopic (exact) mass is 557 g/mol. The van der Waals surface area contributed by atoms with E-state index < -0.39 is 0 Å². The highest BCUT2D eigenvalue weighted by Crippen LogP contribution is 2.14. The second kappa shape index (κ2) is 12.7. The lowest BCUT2D eigenvalue weighted by atomic mass is 10.1. The van der Waals surface area contributed by atoms with Crippen LogP contribution in [0.5, 0.6) is 5.88 Å². The van der Waals surface area contributed by atoms with Gasteiger partial charge < -0.3 is 19.9 Å². The molecule has 7 nitrogen and oxygen atoms in total. The number of hydrogen-bond acceptors (Lipinski definition) is 4. The average Bonchev–Trinajstić information content (AvgIpc) is 2.77. The van der Waals surface area contributed by atoms with Gasteiger partial charge in [-0.05, 0) is 36.2 Å². The predicted molar refractivity (Wildman–Crippen MR) is 134 cm³/mol. The smallest absolute Gasteiger partial charge is 0.227 e. The lowest BCUT2D eigenvalue weighted by Crippen LogP contribution is -2.54.